The summed E-state index contributed by atoms with van der Waals surface area (Å²) in [6.45, 7) is 0. The summed E-state index contributed by atoms with van der Waals surface area (Å²) in [5.41, 5.74) is 0. The van der Waals surface area contributed by atoms with Gasteiger partial charge in [-0.3, -0.25) is 0 Å². The monoisotopic (exact) mass is 306 g/mol. The molecule has 1 aromatic carbocycles. The van der Waals surface area contributed by atoms with Crippen molar-refractivity contribution in [2.24, 2.45) is 0 Å². The normalized spacial score (nSPS) is 12.4. The van der Waals surface area contributed by atoms with E-state index in [1.807, 2.05) is 0 Å². The molecule has 0 saturated heterocycles. The summed E-state index contributed by atoms with van der Waals surface area (Å²) in [4.78, 5) is -0.253. The summed E-state index contributed by atoms with van der Waals surface area (Å²) >= 11 is 0.773. The van der Waals surface area contributed by atoms with Crippen LogP contribution in [0.5, 0.6) is 0 Å². The van der Waals surface area contributed by atoms with Crippen LogP contribution in [0.1, 0.15) is 0 Å². The Hall–Kier alpha value is -1.36. The third-order valence-electron chi connectivity index (χ3n) is 1.81. The van der Waals surface area contributed by atoms with Gasteiger partial charge < -0.3 is 0 Å². The second-order valence-electron chi connectivity index (χ2n) is 3.03. The van der Waals surface area contributed by atoms with E-state index in [2.05, 4.69) is 13.2 Å². The van der Waals surface area contributed by atoms with Crippen LogP contribution in [0, 0.1) is 0 Å². The Morgan fingerprint density at radius 3 is 2.22 bits per heavy atom. The van der Waals surface area contributed by atoms with Gasteiger partial charge in [0.2, 0.25) is 5.03 Å². The molecule has 2 aromatic rings. The van der Waals surface area contributed by atoms with Crippen LogP contribution >= 0.6 is 11.5 Å². The molecule has 10 heteroatoms. The lowest BCUT2D eigenvalue weighted by molar-refractivity contribution is 0.459. The lowest BCUT2D eigenvalue weighted by Gasteiger charge is -2.03. The van der Waals surface area contributed by atoms with Crippen LogP contribution in [0.25, 0.3) is 0 Å². The van der Waals surface area contributed by atoms with E-state index in [9.17, 15) is 16.8 Å². The number of hydrogen-bond donors (Lipinski definition) is 0. The predicted octanol–water partition coefficient (Wildman–Crippen LogP) is 0.632. The minimum Gasteiger partial charge on any atom is -0.193 e. The maximum absolute atomic E-state index is 11.7. The SMILES string of the molecule is O=S(=O)(OS(=O)(=O)c1csnn1)c1ccccc1. The molecular weight excluding hydrogens is 300 g/mol. The zero-order valence-corrected chi connectivity index (χ0v) is 11.1. The summed E-state index contributed by atoms with van der Waals surface area (Å²) in [6.07, 6.45) is 0. The Bertz CT molecular complexity index is 722. The lowest BCUT2D eigenvalue weighted by Crippen LogP contribution is -2.14. The zero-order valence-electron chi connectivity index (χ0n) is 8.62. The standard InChI is InChI=1S/C8H6N2O5S3/c11-17(12,7-4-2-1-3-5-7)15-18(13,14)8-6-16-10-9-8/h1-6H. The second-order valence-corrected chi connectivity index (χ2v) is 6.89. The van der Waals surface area contributed by atoms with E-state index in [1.165, 1.54) is 24.3 Å². The summed E-state index contributed by atoms with van der Waals surface area (Å²) < 4.78 is 54.1. The molecule has 1 heterocycles. The molecule has 0 unspecified atom stereocenters. The van der Waals surface area contributed by atoms with Gasteiger partial charge >= 0.3 is 20.2 Å². The van der Waals surface area contributed by atoms with Gasteiger partial charge in [-0.25, -0.2) is 0 Å². The third kappa shape index (κ3) is 2.72. The van der Waals surface area contributed by atoms with Crippen molar-refractivity contribution >= 4 is 31.8 Å². The van der Waals surface area contributed by atoms with Gasteiger partial charge in [0.15, 0.2) is 0 Å². The molecule has 0 aliphatic carbocycles. The highest BCUT2D eigenvalue weighted by Crippen LogP contribution is 2.18. The fourth-order valence-electron chi connectivity index (χ4n) is 1.04. The summed E-state index contributed by atoms with van der Waals surface area (Å²) in [7, 11) is -8.87. The van der Waals surface area contributed by atoms with Crippen LogP contribution in [0.4, 0.5) is 0 Å². The minimum atomic E-state index is -4.47. The molecule has 2 rings (SSSR count). The number of hydrogen-bond acceptors (Lipinski definition) is 8. The molecule has 0 amide bonds. The number of nitrogens with zero attached hydrogens (tertiary/aromatic N) is 2. The van der Waals surface area contributed by atoms with Gasteiger partial charge in [-0.05, 0) is 23.7 Å². The van der Waals surface area contributed by atoms with Crippen molar-refractivity contribution in [2.45, 2.75) is 9.92 Å². The van der Waals surface area contributed by atoms with Gasteiger partial charge in [-0.15, -0.1) is 8.73 Å². The van der Waals surface area contributed by atoms with Crippen LogP contribution in [0.2, 0.25) is 0 Å². The minimum absolute atomic E-state index is 0.253. The summed E-state index contributed by atoms with van der Waals surface area (Å²) in [5.74, 6) is 0. The molecule has 0 saturated carbocycles. The second kappa shape index (κ2) is 4.72. The number of benzene rings is 1. The molecule has 7 nitrogen and oxygen atoms in total. The number of rotatable bonds is 4. The maximum atomic E-state index is 11.7. The van der Waals surface area contributed by atoms with E-state index in [4.69, 9.17) is 0 Å². The highest BCUT2D eigenvalue weighted by atomic mass is 32.3. The molecule has 1 aromatic heterocycles. The Morgan fingerprint density at radius 1 is 1.00 bits per heavy atom. The Kier molecular flexibility index (Phi) is 3.43. The molecule has 0 N–H and O–H groups in total. The van der Waals surface area contributed by atoms with Crippen molar-refractivity contribution in [1.82, 2.24) is 9.59 Å². The fourth-order valence-corrected chi connectivity index (χ4v) is 4.18. The molecule has 0 bridgehead atoms. The fraction of sp³-hybridized carbons (Fsp3) is 0. The molecule has 0 aliphatic heterocycles. The van der Waals surface area contributed by atoms with Crippen molar-refractivity contribution in [1.29, 1.82) is 0 Å². The zero-order chi connectivity index (χ0) is 13.2. The first-order valence-electron chi connectivity index (χ1n) is 4.45. The largest absolute Gasteiger partial charge is 0.332 e. The maximum Gasteiger partial charge on any atom is 0.332 e. The van der Waals surface area contributed by atoms with Crippen molar-refractivity contribution in [3.63, 3.8) is 0 Å². The van der Waals surface area contributed by atoms with Crippen LogP contribution in [0.15, 0.2) is 45.6 Å². The Balaban J connectivity index is 2.36. The lowest BCUT2D eigenvalue weighted by atomic mass is 10.4. The molecule has 0 aliphatic rings. The van der Waals surface area contributed by atoms with Gasteiger partial charge in [0.05, 0.1) is 10.3 Å². The van der Waals surface area contributed by atoms with E-state index >= 15 is 0 Å². The average molecular weight is 306 g/mol. The van der Waals surface area contributed by atoms with Gasteiger partial charge in [-0.1, -0.05) is 22.7 Å². The predicted molar refractivity (Wildman–Crippen MR) is 61.8 cm³/mol. The highest BCUT2D eigenvalue weighted by Gasteiger charge is 2.28. The van der Waals surface area contributed by atoms with E-state index < -0.39 is 25.3 Å². The van der Waals surface area contributed by atoms with E-state index in [0.717, 1.165) is 16.9 Å². The van der Waals surface area contributed by atoms with Crippen LogP contribution < -0.4 is 0 Å². The smallest absolute Gasteiger partial charge is 0.193 e. The van der Waals surface area contributed by atoms with E-state index in [0.29, 0.717) is 0 Å². The first-order valence-corrected chi connectivity index (χ1v) is 8.10. The molecule has 0 fully saturated rings. The number of aromatic nitrogens is 2. The first kappa shape index (κ1) is 13.1. The molecule has 18 heavy (non-hydrogen) atoms. The molecule has 0 atom stereocenters. The molecule has 0 spiro atoms. The molecule has 0 radical (unpaired) electrons. The van der Waals surface area contributed by atoms with Crippen LogP contribution in [-0.4, -0.2) is 26.4 Å². The Labute approximate surface area is 107 Å². The average Bonchev–Trinajstić information content (AvgIpc) is 2.83. The van der Waals surface area contributed by atoms with Crippen LogP contribution in [-0.2, 0) is 23.9 Å². The topological polar surface area (TPSA) is 103 Å². The van der Waals surface area contributed by atoms with E-state index in [-0.39, 0.29) is 4.90 Å². The molecule has 96 valence electrons. The van der Waals surface area contributed by atoms with Gasteiger partial charge in [-0.2, -0.15) is 16.8 Å². The quantitative estimate of drug-likeness (QED) is 0.816. The van der Waals surface area contributed by atoms with E-state index in [1.54, 1.807) is 6.07 Å². The van der Waals surface area contributed by atoms with Gasteiger partial charge in [0.25, 0.3) is 0 Å². The third-order valence-corrected chi connectivity index (χ3v) is 5.46. The van der Waals surface area contributed by atoms with Crippen molar-refractivity contribution in [2.75, 3.05) is 0 Å². The van der Waals surface area contributed by atoms with Crippen molar-refractivity contribution < 1.29 is 20.5 Å². The highest BCUT2D eigenvalue weighted by molar-refractivity contribution is 7.99. The summed E-state index contributed by atoms with van der Waals surface area (Å²) in [6, 6.07) is 6.95. The summed E-state index contributed by atoms with van der Waals surface area (Å²) in [5, 5.41) is 3.80. The van der Waals surface area contributed by atoms with Gasteiger partial charge in [0, 0.05) is 0 Å². The van der Waals surface area contributed by atoms with Crippen molar-refractivity contribution in [3.05, 3.63) is 35.7 Å². The van der Waals surface area contributed by atoms with Gasteiger partial charge in [0.1, 0.15) is 0 Å². The Morgan fingerprint density at radius 2 is 1.67 bits per heavy atom. The van der Waals surface area contributed by atoms with Crippen molar-refractivity contribution in [3.8, 4) is 0 Å². The van der Waals surface area contributed by atoms with Crippen LogP contribution in [0.3, 0.4) is 0 Å². The first-order chi connectivity index (χ1) is 8.42. The molecular formula is C8H6N2O5S3.